The number of halogens is 9. The van der Waals surface area contributed by atoms with Crippen LogP contribution in [0.25, 0.3) is 16.9 Å². The fourth-order valence-corrected chi connectivity index (χ4v) is 2.43. The molecule has 2 N–H and O–H groups in total. The maximum absolute atomic E-state index is 13.5. The molecular formula is C17H10F9N5. The third kappa shape index (κ3) is 4.49. The van der Waals surface area contributed by atoms with Crippen molar-refractivity contribution in [3.8, 4) is 17.2 Å². The van der Waals surface area contributed by atoms with Gasteiger partial charge in [-0.3, -0.25) is 5.41 Å². The number of nitrogens with one attached hydrogen (secondary N) is 2. The smallest absolute Gasteiger partial charge is 0.373 e. The maximum Gasteiger partial charge on any atom is 0.459 e. The van der Waals surface area contributed by atoms with Crippen LogP contribution in [-0.4, -0.2) is 40.8 Å². The van der Waals surface area contributed by atoms with Crippen molar-refractivity contribution >= 4 is 11.5 Å². The molecule has 0 radical (unpaired) electrons. The van der Waals surface area contributed by atoms with Crippen LogP contribution in [-0.2, 0) is 0 Å². The number of hydrogen-bond donors (Lipinski definition) is 2. The number of nitrogens with zero attached hydrogens (tertiary/aromatic N) is 3. The normalized spacial score (nSPS) is 13.5. The number of benzene rings is 1. The summed E-state index contributed by atoms with van der Waals surface area (Å²) in [6, 6.07) is 4.60. The molecule has 0 saturated carbocycles. The highest BCUT2D eigenvalue weighted by Gasteiger charge is 2.64. The third-order valence-electron chi connectivity index (χ3n) is 3.91. The van der Waals surface area contributed by atoms with Crippen molar-refractivity contribution < 1.29 is 39.5 Å². The first-order valence-corrected chi connectivity index (χ1v) is 7.93. The number of nitriles is 1. The van der Waals surface area contributed by atoms with E-state index in [4.69, 9.17) is 10.7 Å². The van der Waals surface area contributed by atoms with Crippen LogP contribution in [0.15, 0.2) is 36.2 Å². The molecule has 14 heteroatoms. The summed E-state index contributed by atoms with van der Waals surface area (Å²) in [5.74, 6) is -8.36. The molecule has 0 aliphatic rings. The van der Waals surface area contributed by atoms with Crippen molar-refractivity contribution in [2.75, 3.05) is 7.05 Å². The lowest BCUT2D eigenvalue weighted by atomic mass is 10.0. The summed E-state index contributed by atoms with van der Waals surface area (Å²) in [6.07, 6.45) is -10.5. The second-order valence-corrected chi connectivity index (χ2v) is 5.90. The molecule has 0 aliphatic carbocycles. The van der Waals surface area contributed by atoms with Gasteiger partial charge < -0.3 is 5.32 Å². The summed E-state index contributed by atoms with van der Waals surface area (Å²) in [7, 11) is 0.799. The van der Waals surface area contributed by atoms with E-state index in [1.165, 1.54) is 6.07 Å². The minimum atomic E-state index is -6.45. The van der Waals surface area contributed by atoms with E-state index in [1.54, 1.807) is 0 Å². The van der Waals surface area contributed by atoms with Crippen LogP contribution in [0.1, 0.15) is 5.56 Å². The van der Waals surface area contributed by atoms with Crippen molar-refractivity contribution in [1.29, 1.82) is 10.7 Å². The summed E-state index contributed by atoms with van der Waals surface area (Å²) in [5, 5.41) is 21.2. The Kier molecular flexibility index (Phi) is 6.11. The molecule has 1 aromatic heterocycles. The highest BCUT2D eigenvalue weighted by molar-refractivity contribution is 6.08. The predicted molar refractivity (Wildman–Crippen MR) is 89.4 cm³/mol. The summed E-state index contributed by atoms with van der Waals surface area (Å²) in [4.78, 5) is 0. The fraction of sp³-hybridized carbons (Fsp3) is 0.235. The van der Waals surface area contributed by atoms with Gasteiger partial charge in [0.25, 0.3) is 0 Å². The maximum atomic E-state index is 13.5. The molecule has 0 unspecified atom stereocenters. The molecule has 0 fully saturated rings. The second kappa shape index (κ2) is 7.97. The first-order valence-electron chi connectivity index (χ1n) is 7.93. The molecule has 0 spiro atoms. The lowest BCUT2D eigenvalue weighted by Crippen LogP contribution is -2.47. The zero-order valence-electron chi connectivity index (χ0n) is 15.1. The monoisotopic (exact) mass is 455 g/mol. The lowest BCUT2D eigenvalue weighted by molar-refractivity contribution is -0.250. The second-order valence-electron chi connectivity index (χ2n) is 5.90. The molecule has 5 nitrogen and oxygen atoms in total. The average molecular weight is 455 g/mol. The van der Waals surface area contributed by atoms with Gasteiger partial charge in [-0.1, -0.05) is 6.07 Å². The molecule has 31 heavy (non-hydrogen) atoms. The lowest BCUT2D eigenvalue weighted by Gasteiger charge is -2.25. The van der Waals surface area contributed by atoms with Gasteiger partial charge in [0.1, 0.15) is 29.0 Å². The predicted octanol–water partition coefficient (Wildman–Crippen LogP) is 4.73. The highest BCUT2D eigenvalue weighted by atomic mass is 19.4. The number of allylic oxidation sites excluding steroid dienone is 1. The Morgan fingerprint density at radius 3 is 2.19 bits per heavy atom. The molecule has 0 bridgehead atoms. The molecule has 0 atom stereocenters. The fourth-order valence-electron chi connectivity index (χ4n) is 2.43. The zero-order valence-corrected chi connectivity index (χ0v) is 15.1. The van der Waals surface area contributed by atoms with E-state index in [-0.39, 0.29) is 11.1 Å². The third-order valence-corrected chi connectivity index (χ3v) is 3.91. The minimum Gasteiger partial charge on any atom is -0.373 e. The van der Waals surface area contributed by atoms with Crippen molar-refractivity contribution in [1.82, 2.24) is 15.1 Å². The Hall–Kier alpha value is -3.50. The van der Waals surface area contributed by atoms with Gasteiger partial charge >= 0.3 is 18.3 Å². The Morgan fingerprint density at radius 1 is 1.10 bits per heavy atom. The Labute approximate surface area is 167 Å². The molecule has 1 heterocycles. The highest BCUT2D eigenvalue weighted by Crippen LogP contribution is 2.42. The molecule has 0 amide bonds. The van der Waals surface area contributed by atoms with Crippen LogP contribution in [0, 0.1) is 22.6 Å². The van der Waals surface area contributed by atoms with E-state index >= 15 is 0 Å². The van der Waals surface area contributed by atoms with Gasteiger partial charge in [-0.25, -0.2) is 9.07 Å². The largest absolute Gasteiger partial charge is 0.459 e. The summed E-state index contributed by atoms with van der Waals surface area (Å²) in [6.45, 7) is 0. The van der Waals surface area contributed by atoms with Gasteiger partial charge in [-0.15, -0.1) is 0 Å². The first-order chi connectivity index (χ1) is 14.1. The van der Waals surface area contributed by atoms with Gasteiger partial charge in [0, 0.05) is 18.8 Å². The van der Waals surface area contributed by atoms with Crippen LogP contribution in [0.2, 0.25) is 0 Å². The average Bonchev–Trinajstić information content (AvgIpc) is 3.13. The Morgan fingerprint density at radius 2 is 1.71 bits per heavy atom. The number of hydrogen-bond acceptors (Lipinski definition) is 4. The standard InChI is InChI=1S/C17H10F9N5/c1-29-14(12(16(21,22)23)13(28)15(19,20)17(24,25)26)31-7-10(6-30-31)8-2-3-11(18)9(4-8)5-27/h2-4,6-7,28-29H,1H3/b14-12-,28-13?. The summed E-state index contributed by atoms with van der Waals surface area (Å²) >= 11 is 0. The Bertz CT molecular complexity index is 1070. The first kappa shape index (κ1) is 23.8. The summed E-state index contributed by atoms with van der Waals surface area (Å²) < 4.78 is 119. The molecule has 2 rings (SSSR count). The van der Waals surface area contributed by atoms with Gasteiger partial charge in [-0.05, 0) is 17.7 Å². The van der Waals surface area contributed by atoms with Crippen LogP contribution in [0.3, 0.4) is 0 Å². The van der Waals surface area contributed by atoms with E-state index in [0.29, 0.717) is 4.68 Å². The van der Waals surface area contributed by atoms with Crippen molar-refractivity contribution in [3.63, 3.8) is 0 Å². The molecule has 2 aromatic rings. The zero-order chi connectivity index (χ0) is 23.8. The summed E-state index contributed by atoms with van der Waals surface area (Å²) in [5.41, 5.74) is -5.94. The Balaban J connectivity index is 2.67. The molecule has 0 aliphatic heterocycles. The number of aromatic nitrogens is 2. The quantitative estimate of drug-likeness (QED) is 0.506. The van der Waals surface area contributed by atoms with Crippen LogP contribution >= 0.6 is 0 Å². The van der Waals surface area contributed by atoms with Crippen LogP contribution in [0.4, 0.5) is 39.5 Å². The van der Waals surface area contributed by atoms with E-state index in [1.807, 2.05) is 5.32 Å². The van der Waals surface area contributed by atoms with Crippen molar-refractivity contribution in [2.24, 2.45) is 0 Å². The molecule has 0 saturated heterocycles. The molecular weight excluding hydrogens is 445 g/mol. The molecule has 166 valence electrons. The SMILES string of the molecule is CN/C(=C(\C(=N)C(F)(F)C(F)(F)F)C(F)(F)F)n1cc(-c2ccc(F)c(C#N)c2)cn1. The van der Waals surface area contributed by atoms with Crippen LogP contribution in [0.5, 0.6) is 0 Å². The topological polar surface area (TPSA) is 77.5 Å². The number of alkyl halides is 8. The van der Waals surface area contributed by atoms with Crippen molar-refractivity contribution in [2.45, 2.75) is 18.3 Å². The van der Waals surface area contributed by atoms with Crippen molar-refractivity contribution in [3.05, 3.63) is 47.5 Å². The van der Waals surface area contributed by atoms with E-state index in [9.17, 15) is 39.5 Å². The van der Waals surface area contributed by atoms with E-state index < -0.39 is 46.8 Å². The number of rotatable bonds is 5. The van der Waals surface area contributed by atoms with E-state index in [0.717, 1.165) is 37.6 Å². The van der Waals surface area contributed by atoms with Gasteiger partial charge in [0.05, 0.1) is 11.8 Å². The van der Waals surface area contributed by atoms with Gasteiger partial charge in [0.2, 0.25) is 0 Å². The van der Waals surface area contributed by atoms with Gasteiger partial charge in [0.15, 0.2) is 0 Å². The molecule has 1 aromatic carbocycles. The van der Waals surface area contributed by atoms with E-state index in [2.05, 4.69) is 5.10 Å². The minimum absolute atomic E-state index is 0.0140. The van der Waals surface area contributed by atoms with Crippen LogP contribution < -0.4 is 5.32 Å². The van der Waals surface area contributed by atoms with Gasteiger partial charge in [-0.2, -0.15) is 45.5 Å².